The monoisotopic (exact) mass is 374 g/mol. The van der Waals surface area contributed by atoms with E-state index >= 15 is 0 Å². The van der Waals surface area contributed by atoms with Gasteiger partial charge in [-0.15, -0.1) is 5.10 Å². The Balaban J connectivity index is 1.33. The van der Waals surface area contributed by atoms with Gasteiger partial charge in [-0.2, -0.15) is 0 Å². The third kappa shape index (κ3) is 4.88. The minimum absolute atomic E-state index is 0.0655. The van der Waals surface area contributed by atoms with Crippen molar-refractivity contribution < 1.29 is 4.79 Å². The molecule has 1 aromatic rings. The molecular formula is C20H34N6O. The summed E-state index contributed by atoms with van der Waals surface area (Å²) in [6, 6.07) is 0.373. The van der Waals surface area contributed by atoms with Crippen LogP contribution in [0.5, 0.6) is 0 Å². The maximum absolute atomic E-state index is 13.0. The average molecular weight is 375 g/mol. The topological polar surface area (TPSA) is 66.3 Å². The third-order valence-corrected chi connectivity index (χ3v) is 6.43. The molecule has 4 heterocycles. The minimum atomic E-state index is 0.0655. The summed E-state index contributed by atoms with van der Waals surface area (Å²) in [5.74, 6) is 0.663. The Bertz CT molecular complexity index is 603. The first-order valence-electron chi connectivity index (χ1n) is 10.9. The Hall–Kier alpha value is -1.47. The highest BCUT2D eigenvalue weighted by molar-refractivity contribution is 5.92. The van der Waals surface area contributed by atoms with E-state index in [9.17, 15) is 4.79 Å². The van der Waals surface area contributed by atoms with Crippen LogP contribution in [0.3, 0.4) is 0 Å². The lowest BCUT2D eigenvalue weighted by atomic mass is 9.97. The zero-order chi connectivity index (χ0) is 18.5. The number of nitrogens with zero attached hydrogens (tertiary/aromatic N) is 5. The first kappa shape index (κ1) is 18.9. The van der Waals surface area contributed by atoms with Crippen LogP contribution in [0.4, 0.5) is 0 Å². The molecule has 0 aliphatic carbocycles. The molecule has 1 aromatic heterocycles. The van der Waals surface area contributed by atoms with E-state index in [-0.39, 0.29) is 5.91 Å². The van der Waals surface area contributed by atoms with Gasteiger partial charge >= 0.3 is 0 Å². The van der Waals surface area contributed by atoms with E-state index in [0.29, 0.717) is 17.7 Å². The molecule has 0 spiro atoms. The number of hydrogen-bond acceptors (Lipinski definition) is 5. The fourth-order valence-electron chi connectivity index (χ4n) is 4.87. The normalized spacial score (nSPS) is 26.1. The van der Waals surface area contributed by atoms with E-state index in [1.54, 1.807) is 0 Å². The van der Waals surface area contributed by atoms with Crippen molar-refractivity contribution in [3.63, 3.8) is 0 Å². The van der Waals surface area contributed by atoms with E-state index in [1.165, 1.54) is 45.2 Å². The molecule has 0 aromatic carbocycles. The van der Waals surface area contributed by atoms with E-state index in [4.69, 9.17) is 0 Å². The first-order chi connectivity index (χ1) is 13.3. The highest BCUT2D eigenvalue weighted by Gasteiger charge is 2.28. The lowest BCUT2D eigenvalue weighted by Crippen LogP contribution is -2.44. The number of likely N-dealkylation sites (tertiary alicyclic amines) is 2. The molecule has 0 bridgehead atoms. The zero-order valence-electron chi connectivity index (χ0n) is 16.5. The molecule has 0 radical (unpaired) electrons. The van der Waals surface area contributed by atoms with Gasteiger partial charge in [0.25, 0.3) is 5.91 Å². The van der Waals surface area contributed by atoms with Gasteiger partial charge in [-0.05, 0) is 70.6 Å². The fraction of sp³-hybridized carbons (Fsp3) is 0.850. The molecule has 1 atom stereocenters. The Labute approximate surface area is 162 Å². The summed E-state index contributed by atoms with van der Waals surface area (Å²) in [7, 11) is 0. The number of carbonyl (C=O) groups excluding carboxylic acids is 1. The van der Waals surface area contributed by atoms with Crippen molar-refractivity contribution in [3.8, 4) is 0 Å². The largest absolute Gasteiger partial charge is 0.337 e. The molecule has 3 fully saturated rings. The lowest BCUT2D eigenvalue weighted by Gasteiger charge is -2.35. The van der Waals surface area contributed by atoms with Crippen molar-refractivity contribution in [2.75, 3.05) is 45.8 Å². The molecule has 150 valence electrons. The third-order valence-electron chi connectivity index (χ3n) is 6.43. The molecule has 3 aliphatic rings. The molecule has 1 amide bonds. The lowest BCUT2D eigenvalue weighted by molar-refractivity contribution is 0.0635. The van der Waals surface area contributed by atoms with E-state index < -0.39 is 0 Å². The summed E-state index contributed by atoms with van der Waals surface area (Å²) < 4.78 is 1.91. The Morgan fingerprint density at radius 1 is 1.04 bits per heavy atom. The number of aromatic nitrogens is 3. The van der Waals surface area contributed by atoms with E-state index in [1.807, 2.05) is 15.8 Å². The van der Waals surface area contributed by atoms with Crippen LogP contribution in [-0.2, 0) is 0 Å². The van der Waals surface area contributed by atoms with Gasteiger partial charge in [0, 0.05) is 19.6 Å². The molecule has 4 rings (SSSR count). The summed E-state index contributed by atoms with van der Waals surface area (Å²) in [5, 5.41) is 11.8. The Kier molecular flexibility index (Phi) is 6.39. The van der Waals surface area contributed by atoms with E-state index in [2.05, 4.69) is 20.5 Å². The maximum Gasteiger partial charge on any atom is 0.276 e. The van der Waals surface area contributed by atoms with Crippen LogP contribution in [0, 0.1) is 5.92 Å². The molecule has 0 saturated carbocycles. The second-order valence-corrected chi connectivity index (χ2v) is 8.54. The van der Waals surface area contributed by atoms with Gasteiger partial charge in [0.1, 0.15) is 0 Å². The Morgan fingerprint density at radius 2 is 1.81 bits per heavy atom. The average Bonchev–Trinajstić information content (AvgIpc) is 3.07. The van der Waals surface area contributed by atoms with E-state index in [0.717, 1.165) is 52.0 Å². The summed E-state index contributed by atoms with van der Waals surface area (Å²) in [6.07, 6.45) is 11.7. The molecule has 3 saturated heterocycles. The fourth-order valence-corrected chi connectivity index (χ4v) is 4.87. The molecule has 1 unspecified atom stereocenters. The molecule has 27 heavy (non-hydrogen) atoms. The highest BCUT2D eigenvalue weighted by atomic mass is 16.2. The van der Waals surface area contributed by atoms with Crippen LogP contribution >= 0.6 is 0 Å². The summed E-state index contributed by atoms with van der Waals surface area (Å²) in [5.41, 5.74) is 0.518. The second-order valence-electron chi connectivity index (χ2n) is 8.54. The second kappa shape index (κ2) is 9.15. The SMILES string of the molecule is O=C(c1cn(C2CCNCC2)nn1)N1CCCC(CN2CCCCCC2)C1. The van der Waals surface area contributed by atoms with Gasteiger partial charge < -0.3 is 15.1 Å². The van der Waals surface area contributed by atoms with Crippen molar-refractivity contribution in [1.82, 2.24) is 30.1 Å². The van der Waals surface area contributed by atoms with Crippen molar-refractivity contribution in [2.24, 2.45) is 5.92 Å². The van der Waals surface area contributed by atoms with Gasteiger partial charge in [0.05, 0.1) is 12.2 Å². The van der Waals surface area contributed by atoms with Gasteiger partial charge in [0.2, 0.25) is 0 Å². The van der Waals surface area contributed by atoms with Crippen molar-refractivity contribution in [3.05, 3.63) is 11.9 Å². The van der Waals surface area contributed by atoms with Gasteiger partial charge in [0.15, 0.2) is 5.69 Å². The Morgan fingerprint density at radius 3 is 2.59 bits per heavy atom. The number of piperidine rings is 2. The number of amides is 1. The zero-order valence-corrected chi connectivity index (χ0v) is 16.5. The number of hydrogen-bond donors (Lipinski definition) is 1. The van der Waals surface area contributed by atoms with Gasteiger partial charge in [-0.1, -0.05) is 18.1 Å². The molecule has 7 nitrogen and oxygen atoms in total. The molecule has 1 N–H and O–H groups in total. The molecule has 7 heteroatoms. The number of carbonyl (C=O) groups is 1. The van der Waals surface area contributed by atoms with Gasteiger partial charge in [-0.25, -0.2) is 4.68 Å². The number of rotatable bonds is 4. The number of nitrogens with one attached hydrogen (secondary N) is 1. The quantitative estimate of drug-likeness (QED) is 0.872. The predicted molar refractivity (Wildman–Crippen MR) is 105 cm³/mol. The van der Waals surface area contributed by atoms with Crippen LogP contribution in [0.25, 0.3) is 0 Å². The smallest absolute Gasteiger partial charge is 0.276 e. The highest BCUT2D eigenvalue weighted by Crippen LogP contribution is 2.22. The predicted octanol–water partition coefficient (Wildman–Crippen LogP) is 1.93. The van der Waals surface area contributed by atoms with Crippen LogP contribution in [0.1, 0.15) is 67.9 Å². The summed E-state index contributed by atoms with van der Waals surface area (Å²) >= 11 is 0. The van der Waals surface area contributed by atoms with Crippen LogP contribution in [0.15, 0.2) is 6.20 Å². The van der Waals surface area contributed by atoms with Crippen LogP contribution in [-0.4, -0.2) is 76.5 Å². The minimum Gasteiger partial charge on any atom is -0.337 e. The maximum atomic E-state index is 13.0. The van der Waals surface area contributed by atoms with Crippen molar-refractivity contribution >= 4 is 5.91 Å². The summed E-state index contributed by atoms with van der Waals surface area (Å²) in [6.45, 7) is 7.36. The van der Waals surface area contributed by atoms with Crippen LogP contribution < -0.4 is 5.32 Å². The molecule has 3 aliphatic heterocycles. The summed E-state index contributed by atoms with van der Waals surface area (Å²) in [4.78, 5) is 17.6. The van der Waals surface area contributed by atoms with Crippen LogP contribution in [0.2, 0.25) is 0 Å². The van der Waals surface area contributed by atoms with Crippen molar-refractivity contribution in [1.29, 1.82) is 0 Å². The van der Waals surface area contributed by atoms with Gasteiger partial charge in [-0.3, -0.25) is 4.79 Å². The first-order valence-corrected chi connectivity index (χ1v) is 10.9. The molecular weight excluding hydrogens is 340 g/mol. The van der Waals surface area contributed by atoms with Crippen molar-refractivity contribution in [2.45, 2.75) is 57.4 Å². The standard InChI is InChI=1S/C20H34N6O/c27-20(19-16-26(23-22-19)18-7-9-21-10-8-18)25-13-5-6-17(15-25)14-24-11-3-1-2-4-12-24/h16-18,21H,1-15H2.